The first-order chi connectivity index (χ1) is 5.52. The fourth-order valence-corrected chi connectivity index (χ4v) is 1.22. The van der Waals surface area contributed by atoms with Crippen LogP contribution in [-0.4, -0.2) is 4.98 Å². The van der Waals surface area contributed by atoms with E-state index in [9.17, 15) is 13.2 Å². The summed E-state index contributed by atoms with van der Waals surface area (Å²) in [6.45, 7) is 0. The van der Waals surface area contributed by atoms with Gasteiger partial charge in [-0.1, -0.05) is 11.6 Å². The minimum Gasteiger partial charge on any atom is -0.211 e. The van der Waals surface area contributed by atoms with Gasteiger partial charge >= 0.3 is 0 Å². The topological polar surface area (TPSA) is 12.9 Å². The maximum Gasteiger partial charge on any atom is 0.265 e. The van der Waals surface area contributed by atoms with Crippen LogP contribution in [0.3, 0.4) is 0 Å². The number of rotatable bonds is 1. The zero-order chi connectivity index (χ0) is 9.30. The molecular formula is C6H2BrClF3N. The first-order valence-corrected chi connectivity index (χ1v) is 3.99. The zero-order valence-electron chi connectivity index (χ0n) is 5.49. The number of aromatic nitrogens is 1. The van der Waals surface area contributed by atoms with E-state index < -0.39 is 17.9 Å². The molecular weight excluding hydrogens is 258 g/mol. The highest BCUT2D eigenvalue weighted by molar-refractivity contribution is 9.10. The summed E-state index contributed by atoms with van der Waals surface area (Å²) in [5.41, 5.74) is -0.559. The van der Waals surface area contributed by atoms with Crippen LogP contribution in [0.4, 0.5) is 13.2 Å². The average molecular weight is 260 g/mol. The van der Waals surface area contributed by atoms with Crippen molar-refractivity contribution in [2.24, 2.45) is 0 Å². The van der Waals surface area contributed by atoms with Gasteiger partial charge in [0.25, 0.3) is 6.43 Å². The number of hydrogen-bond donors (Lipinski definition) is 0. The van der Waals surface area contributed by atoms with Crippen molar-refractivity contribution in [3.63, 3.8) is 0 Å². The summed E-state index contributed by atoms with van der Waals surface area (Å²) >= 11 is 8.15. The number of hydrogen-bond acceptors (Lipinski definition) is 1. The van der Waals surface area contributed by atoms with Crippen LogP contribution in [0.2, 0.25) is 5.02 Å². The smallest absolute Gasteiger partial charge is 0.211 e. The SMILES string of the molecule is Fc1cc(C(F)F)c(Cl)c(Br)n1. The van der Waals surface area contributed by atoms with Crippen LogP contribution >= 0.6 is 27.5 Å². The highest BCUT2D eigenvalue weighted by atomic mass is 79.9. The first kappa shape index (κ1) is 9.80. The molecule has 0 aliphatic heterocycles. The van der Waals surface area contributed by atoms with Gasteiger partial charge in [-0.25, -0.2) is 13.8 Å². The third-order valence-corrected chi connectivity index (χ3v) is 2.35. The molecule has 1 heterocycles. The second-order valence-corrected chi connectivity index (χ2v) is 3.07. The lowest BCUT2D eigenvalue weighted by Crippen LogP contribution is -1.93. The van der Waals surface area contributed by atoms with Crippen LogP contribution in [0.1, 0.15) is 12.0 Å². The lowest BCUT2D eigenvalue weighted by atomic mass is 10.3. The Bertz CT molecular complexity index is 305. The van der Waals surface area contributed by atoms with Crippen LogP contribution in [0.25, 0.3) is 0 Å². The van der Waals surface area contributed by atoms with Crippen molar-refractivity contribution in [2.45, 2.75) is 6.43 Å². The van der Waals surface area contributed by atoms with Crippen molar-refractivity contribution in [1.82, 2.24) is 4.98 Å². The Morgan fingerprint density at radius 1 is 1.50 bits per heavy atom. The molecule has 0 saturated carbocycles. The summed E-state index contributed by atoms with van der Waals surface area (Å²) in [6.07, 6.45) is -2.80. The van der Waals surface area contributed by atoms with Gasteiger partial charge in [0.1, 0.15) is 4.60 Å². The van der Waals surface area contributed by atoms with Gasteiger partial charge in [0.05, 0.1) is 5.02 Å². The molecule has 0 spiro atoms. The van der Waals surface area contributed by atoms with Gasteiger partial charge < -0.3 is 0 Å². The fourth-order valence-electron chi connectivity index (χ4n) is 0.645. The van der Waals surface area contributed by atoms with E-state index in [2.05, 4.69) is 20.9 Å². The van der Waals surface area contributed by atoms with Gasteiger partial charge in [0.2, 0.25) is 5.95 Å². The van der Waals surface area contributed by atoms with Crippen molar-refractivity contribution < 1.29 is 13.2 Å². The molecule has 1 aromatic rings. The van der Waals surface area contributed by atoms with Crippen molar-refractivity contribution in [3.8, 4) is 0 Å². The van der Waals surface area contributed by atoms with E-state index in [4.69, 9.17) is 11.6 Å². The second-order valence-electron chi connectivity index (χ2n) is 1.94. The van der Waals surface area contributed by atoms with Crippen LogP contribution in [-0.2, 0) is 0 Å². The molecule has 6 heteroatoms. The average Bonchev–Trinajstić information content (AvgIpc) is 1.96. The Labute approximate surface area is 79.7 Å². The van der Waals surface area contributed by atoms with E-state index in [1.165, 1.54) is 0 Å². The molecule has 0 saturated heterocycles. The van der Waals surface area contributed by atoms with E-state index in [1.54, 1.807) is 0 Å². The van der Waals surface area contributed by atoms with Gasteiger partial charge in [-0.2, -0.15) is 4.39 Å². The fraction of sp³-hybridized carbons (Fsp3) is 0.167. The molecule has 12 heavy (non-hydrogen) atoms. The first-order valence-electron chi connectivity index (χ1n) is 2.82. The highest BCUT2D eigenvalue weighted by Crippen LogP contribution is 2.31. The summed E-state index contributed by atoms with van der Waals surface area (Å²) in [7, 11) is 0. The Morgan fingerprint density at radius 2 is 2.08 bits per heavy atom. The quantitative estimate of drug-likeness (QED) is 0.703. The van der Waals surface area contributed by atoms with Crippen molar-refractivity contribution in [3.05, 3.63) is 27.2 Å². The van der Waals surface area contributed by atoms with E-state index in [1.807, 2.05) is 0 Å². The highest BCUT2D eigenvalue weighted by Gasteiger charge is 2.16. The molecule has 0 aliphatic rings. The Hall–Kier alpha value is -0.290. The molecule has 0 radical (unpaired) electrons. The Kier molecular flexibility index (Phi) is 2.95. The Morgan fingerprint density at radius 3 is 2.58 bits per heavy atom. The molecule has 0 atom stereocenters. The third-order valence-electron chi connectivity index (χ3n) is 1.15. The zero-order valence-corrected chi connectivity index (χ0v) is 7.83. The molecule has 0 amide bonds. The minimum atomic E-state index is -2.80. The molecule has 66 valence electrons. The number of pyridine rings is 1. The number of nitrogens with zero attached hydrogens (tertiary/aromatic N) is 1. The maximum atomic E-state index is 12.4. The normalized spacial score (nSPS) is 10.8. The van der Waals surface area contributed by atoms with Crippen LogP contribution in [0, 0.1) is 5.95 Å². The molecule has 0 unspecified atom stereocenters. The van der Waals surface area contributed by atoms with Crippen LogP contribution in [0.5, 0.6) is 0 Å². The molecule has 0 N–H and O–H groups in total. The van der Waals surface area contributed by atoms with Gasteiger partial charge in [-0.3, -0.25) is 0 Å². The van der Waals surface area contributed by atoms with E-state index in [-0.39, 0.29) is 9.63 Å². The molecule has 0 fully saturated rings. The van der Waals surface area contributed by atoms with Gasteiger partial charge in [0.15, 0.2) is 0 Å². The van der Waals surface area contributed by atoms with Crippen LogP contribution < -0.4 is 0 Å². The molecule has 0 aromatic carbocycles. The monoisotopic (exact) mass is 259 g/mol. The predicted octanol–water partition coefficient (Wildman–Crippen LogP) is 3.57. The van der Waals surface area contributed by atoms with E-state index >= 15 is 0 Å². The molecule has 1 nitrogen and oxygen atoms in total. The molecule has 1 aromatic heterocycles. The second kappa shape index (κ2) is 3.62. The molecule has 0 aliphatic carbocycles. The summed E-state index contributed by atoms with van der Waals surface area (Å²) in [5, 5.41) is -0.258. The van der Waals surface area contributed by atoms with Crippen molar-refractivity contribution in [1.29, 1.82) is 0 Å². The summed E-state index contributed by atoms with van der Waals surface area (Å²) in [4.78, 5) is 3.20. The lowest BCUT2D eigenvalue weighted by Gasteiger charge is -2.03. The van der Waals surface area contributed by atoms with Crippen molar-refractivity contribution in [2.75, 3.05) is 0 Å². The minimum absolute atomic E-state index is 0.112. The summed E-state index contributed by atoms with van der Waals surface area (Å²) in [5.74, 6) is -0.985. The number of halogens is 5. The van der Waals surface area contributed by atoms with Crippen LogP contribution in [0.15, 0.2) is 10.7 Å². The van der Waals surface area contributed by atoms with Gasteiger partial charge in [-0.15, -0.1) is 0 Å². The summed E-state index contributed by atoms with van der Waals surface area (Å²) in [6, 6.07) is 0.609. The van der Waals surface area contributed by atoms with Crippen molar-refractivity contribution >= 4 is 27.5 Å². The molecule has 0 bridgehead atoms. The summed E-state index contributed by atoms with van der Waals surface area (Å²) < 4.78 is 36.5. The largest absolute Gasteiger partial charge is 0.265 e. The standard InChI is InChI=1S/C6H2BrClF3N/c7-5-4(8)2(6(10)11)1-3(9)12-5/h1,6H. The number of alkyl halides is 2. The van der Waals surface area contributed by atoms with E-state index in [0.29, 0.717) is 6.07 Å². The predicted molar refractivity (Wildman–Crippen MR) is 41.9 cm³/mol. The maximum absolute atomic E-state index is 12.4. The van der Waals surface area contributed by atoms with Gasteiger partial charge in [0, 0.05) is 11.6 Å². The van der Waals surface area contributed by atoms with Gasteiger partial charge in [-0.05, 0) is 15.9 Å². The molecule has 1 rings (SSSR count). The third kappa shape index (κ3) is 1.90. The van der Waals surface area contributed by atoms with E-state index in [0.717, 1.165) is 0 Å². The Balaban J connectivity index is 3.28. The lowest BCUT2D eigenvalue weighted by molar-refractivity contribution is 0.150.